The van der Waals surface area contributed by atoms with E-state index in [4.69, 9.17) is 9.47 Å². The van der Waals surface area contributed by atoms with Gasteiger partial charge in [0.05, 0.1) is 25.4 Å². The zero-order valence-electron chi connectivity index (χ0n) is 44.1. The number of unbranched alkanes of at least 4 members (excludes halogenated alkanes) is 40. The van der Waals surface area contributed by atoms with Crippen LogP contribution in [-0.2, 0) is 14.3 Å². The molecule has 0 radical (unpaired) electrons. The largest absolute Gasteiger partial charge is 0.394 e. The third-order valence-electron chi connectivity index (χ3n) is 14.6. The molecule has 0 aliphatic carbocycles. The SMILES string of the molecule is CCCCCCCCCCCCCCCCCCCCCCCCCCCCCCCCCC(=O)N[C@@H](CO[C@@H]1O[C@H](CO)[C@@H](O)C(O)C1O)[C@H](O)[C@H](O)CCCCCCCCCCCCC. The van der Waals surface area contributed by atoms with Crippen LogP contribution in [0.2, 0.25) is 0 Å². The molecule has 0 spiro atoms. The minimum absolute atomic E-state index is 0.251. The van der Waals surface area contributed by atoms with Crippen LogP contribution in [0.3, 0.4) is 0 Å². The van der Waals surface area contributed by atoms with Gasteiger partial charge in [-0.25, -0.2) is 0 Å². The summed E-state index contributed by atoms with van der Waals surface area (Å²) in [7, 11) is 0. The lowest BCUT2D eigenvalue weighted by atomic mass is 9.98. The van der Waals surface area contributed by atoms with Crippen molar-refractivity contribution in [1.82, 2.24) is 5.32 Å². The van der Waals surface area contributed by atoms with E-state index in [1.165, 1.54) is 225 Å². The average molecular weight is 957 g/mol. The Balaban J connectivity index is 2.12. The third kappa shape index (κ3) is 36.7. The lowest BCUT2D eigenvalue weighted by molar-refractivity contribution is -0.303. The number of ether oxygens (including phenoxy) is 2. The monoisotopic (exact) mass is 956 g/mol. The van der Waals surface area contributed by atoms with E-state index in [1.54, 1.807) is 0 Å². The quantitative estimate of drug-likeness (QED) is 0.0293. The number of hydrogen-bond acceptors (Lipinski definition) is 9. The van der Waals surface area contributed by atoms with Crippen molar-refractivity contribution in [2.45, 2.75) is 345 Å². The van der Waals surface area contributed by atoms with Crippen molar-refractivity contribution in [3.8, 4) is 0 Å². The number of amides is 1. The van der Waals surface area contributed by atoms with E-state index in [2.05, 4.69) is 19.2 Å². The molecule has 400 valence electrons. The van der Waals surface area contributed by atoms with Crippen molar-refractivity contribution in [3.05, 3.63) is 0 Å². The molecule has 0 bridgehead atoms. The number of carbonyl (C=O) groups excluding carboxylic acids is 1. The molecule has 1 aliphatic rings. The van der Waals surface area contributed by atoms with E-state index in [0.29, 0.717) is 6.42 Å². The molecule has 1 aliphatic heterocycles. The molecule has 10 heteroatoms. The first-order valence-electron chi connectivity index (χ1n) is 29.3. The summed E-state index contributed by atoms with van der Waals surface area (Å²) < 4.78 is 11.2. The number of aliphatic hydroxyl groups is 6. The van der Waals surface area contributed by atoms with Gasteiger partial charge in [-0.2, -0.15) is 0 Å². The molecule has 1 fully saturated rings. The Morgan fingerprint density at radius 1 is 0.463 bits per heavy atom. The van der Waals surface area contributed by atoms with E-state index in [-0.39, 0.29) is 18.9 Å². The Kier molecular flexibility index (Phi) is 45.5. The maximum Gasteiger partial charge on any atom is 0.220 e. The first kappa shape index (κ1) is 64.2. The smallest absolute Gasteiger partial charge is 0.220 e. The molecular weight excluding hydrogens is 843 g/mol. The Hall–Kier alpha value is -0.850. The van der Waals surface area contributed by atoms with Crippen molar-refractivity contribution < 1.29 is 44.9 Å². The van der Waals surface area contributed by atoms with Gasteiger partial charge in [-0.15, -0.1) is 0 Å². The second kappa shape index (κ2) is 47.5. The predicted octanol–water partition coefficient (Wildman–Crippen LogP) is 13.2. The van der Waals surface area contributed by atoms with E-state index in [9.17, 15) is 35.4 Å². The van der Waals surface area contributed by atoms with Crippen molar-refractivity contribution in [2.75, 3.05) is 13.2 Å². The summed E-state index contributed by atoms with van der Waals surface area (Å²) in [6, 6.07) is -0.985. The van der Waals surface area contributed by atoms with Gasteiger partial charge in [0.25, 0.3) is 0 Å². The number of nitrogens with one attached hydrogen (secondary N) is 1. The Morgan fingerprint density at radius 3 is 1.10 bits per heavy atom. The highest BCUT2D eigenvalue weighted by Gasteiger charge is 2.44. The van der Waals surface area contributed by atoms with Crippen LogP contribution in [0.25, 0.3) is 0 Å². The van der Waals surface area contributed by atoms with Crippen LogP contribution in [-0.4, -0.2) is 98.7 Å². The fourth-order valence-corrected chi connectivity index (χ4v) is 9.85. The average Bonchev–Trinajstić information content (AvgIpc) is 3.33. The molecule has 1 heterocycles. The summed E-state index contributed by atoms with van der Waals surface area (Å²) in [5.74, 6) is -0.251. The zero-order chi connectivity index (χ0) is 48.8. The van der Waals surface area contributed by atoms with Gasteiger partial charge in [-0.3, -0.25) is 4.79 Å². The van der Waals surface area contributed by atoms with E-state index >= 15 is 0 Å². The first-order valence-corrected chi connectivity index (χ1v) is 29.3. The number of rotatable bonds is 51. The Bertz CT molecular complexity index is 1040. The van der Waals surface area contributed by atoms with E-state index in [0.717, 1.165) is 44.9 Å². The molecule has 0 aromatic rings. The van der Waals surface area contributed by atoms with Gasteiger partial charge in [0, 0.05) is 6.42 Å². The minimum Gasteiger partial charge on any atom is -0.394 e. The molecule has 67 heavy (non-hydrogen) atoms. The van der Waals surface area contributed by atoms with Crippen LogP contribution in [0, 0.1) is 0 Å². The fourth-order valence-electron chi connectivity index (χ4n) is 9.85. The lowest BCUT2D eigenvalue weighted by Gasteiger charge is -2.40. The predicted molar refractivity (Wildman–Crippen MR) is 278 cm³/mol. The third-order valence-corrected chi connectivity index (χ3v) is 14.6. The first-order chi connectivity index (χ1) is 32.8. The molecule has 7 N–H and O–H groups in total. The maximum absolute atomic E-state index is 13.1. The van der Waals surface area contributed by atoms with Gasteiger partial charge in [0.2, 0.25) is 5.91 Å². The molecule has 8 atom stereocenters. The lowest BCUT2D eigenvalue weighted by Crippen LogP contribution is -2.60. The molecule has 1 rings (SSSR count). The minimum atomic E-state index is -1.60. The highest BCUT2D eigenvalue weighted by atomic mass is 16.7. The second-order valence-electron chi connectivity index (χ2n) is 20.9. The summed E-state index contributed by atoms with van der Waals surface area (Å²) >= 11 is 0. The summed E-state index contributed by atoms with van der Waals surface area (Å²) in [6.07, 6.45) is 45.8. The Morgan fingerprint density at radius 2 is 0.776 bits per heavy atom. The normalized spacial score (nSPS) is 20.0. The molecule has 0 aromatic heterocycles. The van der Waals surface area contributed by atoms with Crippen LogP contribution >= 0.6 is 0 Å². The number of hydrogen-bond donors (Lipinski definition) is 7. The second-order valence-corrected chi connectivity index (χ2v) is 20.9. The molecule has 1 saturated heterocycles. The van der Waals surface area contributed by atoms with Crippen LogP contribution < -0.4 is 5.32 Å². The molecule has 0 saturated carbocycles. The van der Waals surface area contributed by atoms with Crippen LogP contribution in [0.15, 0.2) is 0 Å². The van der Waals surface area contributed by atoms with Crippen molar-refractivity contribution in [1.29, 1.82) is 0 Å². The summed E-state index contributed by atoms with van der Waals surface area (Å²) in [4.78, 5) is 13.1. The van der Waals surface area contributed by atoms with Crippen LogP contribution in [0.1, 0.15) is 296 Å². The van der Waals surface area contributed by atoms with Crippen molar-refractivity contribution in [2.24, 2.45) is 0 Å². The highest BCUT2D eigenvalue weighted by Crippen LogP contribution is 2.24. The van der Waals surface area contributed by atoms with E-state index in [1.807, 2.05) is 0 Å². The van der Waals surface area contributed by atoms with E-state index < -0.39 is 55.6 Å². The van der Waals surface area contributed by atoms with Crippen molar-refractivity contribution >= 4 is 5.91 Å². The molecule has 10 nitrogen and oxygen atoms in total. The van der Waals surface area contributed by atoms with Gasteiger partial charge in [-0.05, 0) is 12.8 Å². The topological polar surface area (TPSA) is 169 Å². The Labute approximate surface area is 413 Å². The van der Waals surface area contributed by atoms with Crippen LogP contribution in [0.5, 0.6) is 0 Å². The standard InChI is InChI=1S/C57H113NO9/c1-3-5-7-9-11-13-15-16-17-18-19-20-21-22-23-24-25-26-27-28-29-30-31-32-33-34-36-38-40-42-44-46-52(61)58-49(48-66-57-56(65)55(64)54(63)51(47-59)67-57)53(62)50(60)45-43-41-39-37-35-14-12-10-8-6-4-2/h49-51,53-57,59-60,62-65H,3-48H2,1-2H3,(H,58,61)/t49-,50+,51+,53-,54+,55?,56?,57+/m0/s1. The highest BCUT2D eigenvalue weighted by molar-refractivity contribution is 5.76. The summed E-state index contributed by atoms with van der Waals surface area (Å²) in [5.41, 5.74) is 0. The van der Waals surface area contributed by atoms with Gasteiger partial charge in [0.1, 0.15) is 30.5 Å². The van der Waals surface area contributed by atoms with Crippen molar-refractivity contribution in [3.63, 3.8) is 0 Å². The van der Waals surface area contributed by atoms with Crippen LogP contribution in [0.4, 0.5) is 0 Å². The van der Waals surface area contributed by atoms with Gasteiger partial charge >= 0.3 is 0 Å². The molecule has 0 aromatic carbocycles. The zero-order valence-corrected chi connectivity index (χ0v) is 44.1. The molecule has 2 unspecified atom stereocenters. The summed E-state index contributed by atoms with van der Waals surface area (Å²) in [5, 5.41) is 65.4. The maximum atomic E-state index is 13.1. The van der Waals surface area contributed by atoms with Gasteiger partial charge in [0.15, 0.2) is 6.29 Å². The molecular formula is C57H113NO9. The van der Waals surface area contributed by atoms with Gasteiger partial charge in [-0.1, -0.05) is 277 Å². The number of aliphatic hydroxyl groups excluding tert-OH is 6. The fraction of sp³-hybridized carbons (Fsp3) is 0.982. The van der Waals surface area contributed by atoms with Gasteiger partial charge < -0.3 is 45.4 Å². The molecule has 1 amide bonds. The summed E-state index contributed by atoms with van der Waals surface area (Å²) in [6.45, 7) is 3.63. The number of carbonyl (C=O) groups is 1.